The monoisotopic (exact) mass is 618 g/mol. The van der Waals surface area contributed by atoms with Gasteiger partial charge in [0, 0.05) is 59.3 Å². The maximum Gasteiger partial charge on any atom is 0.320 e. The number of fused-ring (bicyclic) bond motifs is 3. The van der Waals surface area contributed by atoms with Crippen LogP contribution >= 0.6 is 0 Å². The van der Waals surface area contributed by atoms with Crippen molar-refractivity contribution in [3.8, 4) is 17.2 Å². The zero-order valence-electron chi connectivity index (χ0n) is 23.5. The molecule has 0 aliphatic heterocycles. The molecule has 234 valence electrons. The highest BCUT2D eigenvalue weighted by Crippen LogP contribution is 2.34. The van der Waals surface area contributed by atoms with Crippen molar-refractivity contribution in [1.29, 1.82) is 0 Å². The zero-order valence-corrected chi connectivity index (χ0v) is 23.5. The molecule has 0 bridgehead atoms. The predicted molar refractivity (Wildman–Crippen MR) is 165 cm³/mol. The van der Waals surface area contributed by atoms with Crippen molar-refractivity contribution >= 4 is 50.3 Å². The van der Waals surface area contributed by atoms with E-state index < -0.39 is 28.9 Å². The smallest absolute Gasteiger partial charge is 0.320 e. The number of rotatable bonds is 7. The Bertz CT molecular complexity index is 1990. The van der Waals surface area contributed by atoms with Crippen LogP contribution < -0.4 is 11.5 Å². The lowest BCUT2D eigenvalue weighted by atomic mass is 10.0. The number of nitro groups is 1. The minimum absolute atomic E-state index is 0.0376. The molecule has 0 spiro atoms. The lowest BCUT2D eigenvalue weighted by molar-refractivity contribution is -0.383. The van der Waals surface area contributed by atoms with E-state index >= 15 is 0 Å². The third-order valence-electron chi connectivity index (χ3n) is 6.92. The molecule has 15 nitrogen and oxygen atoms in total. The van der Waals surface area contributed by atoms with Crippen LogP contribution in [0.5, 0.6) is 17.2 Å². The third kappa shape index (κ3) is 7.12. The Balaban J connectivity index is 0.000000160. The van der Waals surface area contributed by atoms with Gasteiger partial charge in [-0.05, 0) is 47.5 Å². The molecule has 6 aromatic rings. The number of nitrogens with two attached hydrogens (primary N) is 2. The molecule has 0 amide bonds. The van der Waals surface area contributed by atoms with Crippen LogP contribution in [-0.2, 0) is 22.4 Å². The summed E-state index contributed by atoms with van der Waals surface area (Å²) in [5.74, 6) is -1.93. The molecule has 0 radical (unpaired) electrons. The highest BCUT2D eigenvalue weighted by molar-refractivity contribution is 5.96. The fraction of sp³-hybridized carbons (Fsp3) is 0.133. The number of hydrogen-bond donors (Lipinski definition) is 10. The number of benzene rings is 3. The number of carbonyl (C=O) groups is 2. The van der Waals surface area contributed by atoms with E-state index in [2.05, 4.69) is 15.0 Å². The lowest BCUT2D eigenvalue weighted by Crippen LogP contribution is -2.32. The number of nitro benzene ring substituents is 1. The van der Waals surface area contributed by atoms with E-state index in [4.69, 9.17) is 21.7 Å². The second-order valence-electron chi connectivity index (χ2n) is 9.95. The summed E-state index contributed by atoms with van der Waals surface area (Å²) in [6.45, 7) is 0. The molecule has 15 heteroatoms. The number of phenols is 3. The van der Waals surface area contributed by atoms with Crippen molar-refractivity contribution < 1.29 is 40.0 Å². The number of nitrogens with zero attached hydrogens (tertiary/aromatic N) is 1. The van der Waals surface area contributed by atoms with Gasteiger partial charge in [0.1, 0.15) is 34.8 Å². The summed E-state index contributed by atoms with van der Waals surface area (Å²) in [4.78, 5) is 40.3. The van der Waals surface area contributed by atoms with Gasteiger partial charge in [-0.2, -0.15) is 0 Å². The summed E-state index contributed by atoms with van der Waals surface area (Å²) < 4.78 is 0. The van der Waals surface area contributed by atoms with Crippen LogP contribution in [0.3, 0.4) is 0 Å². The fourth-order valence-electron chi connectivity index (χ4n) is 4.71. The Hall–Kier alpha value is -6.06. The first kappa shape index (κ1) is 31.9. The second-order valence-corrected chi connectivity index (χ2v) is 9.95. The fourth-order valence-corrected chi connectivity index (χ4v) is 4.71. The first-order chi connectivity index (χ1) is 21.4. The van der Waals surface area contributed by atoms with Crippen LogP contribution in [0, 0.1) is 10.1 Å². The minimum Gasteiger partial charge on any atom is -0.507 e. The van der Waals surface area contributed by atoms with Gasteiger partial charge in [0.15, 0.2) is 0 Å². The van der Waals surface area contributed by atoms with Crippen LogP contribution in [0.4, 0.5) is 5.69 Å². The van der Waals surface area contributed by atoms with Crippen LogP contribution in [-0.4, -0.2) is 69.4 Å². The summed E-state index contributed by atoms with van der Waals surface area (Å²) in [7, 11) is 0. The van der Waals surface area contributed by atoms with Gasteiger partial charge in [-0.1, -0.05) is 12.1 Å². The lowest BCUT2D eigenvalue weighted by Gasteiger charge is -2.05. The molecule has 0 saturated carbocycles. The molecule has 3 aromatic heterocycles. The normalized spacial score (nSPS) is 12.1. The van der Waals surface area contributed by atoms with Crippen molar-refractivity contribution in [3.63, 3.8) is 0 Å². The summed E-state index contributed by atoms with van der Waals surface area (Å²) in [5, 5.41) is 58.8. The van der Waals surface area contributed by atoms with Gasteiger partial charge in [0.2, 0.25) is 0 Å². The van der Waals surface area contributed by atoms with Crippen molar-refractivity contribution in [1.82, 2.24) is 15.0 Å². The molecule has 3 aromatic carbocycles. The quantitative estimate of drug-likeness (QED) is 0.0913. The van der Waals surface area contributed by atoms with Gasteiger partial charge < -0.3 is 52.0 Å². The van der Waals surface area contributed by atoms with Gasteiger partial charge >= 0.3 is 11.9 Å². The van der Waals surface area contributed by atoms with Gasteiger partial charge in [-0.3, -0.25) is 19.7 Å². The first-order valence-electron chi connectivity index (χ1n) is 13.3. The maximum atomic E-state index is 10.9. The van der Waals surface area contributed by atoms with E-state index in [0.29, 0.717) is 22.3 Å². The van der Waals surface area contributed by atoms with Crippen molar-refractivity contribution in [2.75, 3.05) is 0 Å². The number of phenolic OH excluding ortho intramolecular Hbond substituents is 3. The summed E-state index contributed by atoms with van der Waals surface area (Å²) in [6.07, 6.45) is 5.05. The van der Waals surface area contributed by atoms with Crippen LogP contribution in [0.15, 0.2) is 73.2 Å². The van der Waals surface area contributed by atoms with Crippen molar-refractivity contribution in [2.45, 2.75) is 24.9 Å². The van der Waals surface area contributed by atoms with Crippen molar-refractivity contribution in [2.24, 2.45) is 11.5 Å². The molecule has 2 unspecified atom stereocenters. The first-order valence-corrected chi connectivity index (χ1v) is 13.3. The molecule has 0 aliphatic carbocycles. The Morgan fingerprint density at radius 3 is 1.89 bits per heavy atom. The largest absolute Gasteiger partial charge is 0.507 e. The summed E-state index contributed by atoms with van der Waals surface area (Å²) in [5.41, 5.74) is 13.7. The number of aromatic hydroxyl groups is 3. The minimum atomic E-state index is -1.18. The molecule has 45 heavy (non-hydrogen) atoms. The van der Waals surface area contributed by atoms with Gasteiger partial charge in [0.25, 0.3) is 5.69 Å². The molecule has 3 heterocycles. The van der Waals surface area contributed by atoms with Crippen LogP contribution in [0.2, 0.25) is 0 Å². The third-order valence-corrected chi connectivity index (χ3v) is 6.92. The average Bonchev–Trinajstić information content (AvgIpc) is 3.74. The van der Waals surface area contributed by atoms with E-state index in [0.717, 1.165) is 16.4 Å². The number of carboxylic acids is 2. The predicted octanol–water partition coefficient (Wildman–Crippen LogP) is 3.44. The molecule has 0 saturated heterocycles. The molecule has 0 aliphatic rings. The molecular formula is C30H30N6O9. The Morgan fingerprint density at radius 2 is 1.29 bits per heavy atom. The van der Waals surface area contributed by atoms with Gasteiger partial charge in [-0.25, -0.2) is 0 Å². The maximum absolute atomic E-state index is 10.9. The van der Waals surface area contributed by atoms with Gasteiger partial charge in [-0.15, -0.1) is 0 Å². The molecule has 0 fully saturated rings. The number of aromatic amines is 3. The number of non-ortho nitro benzene ring substituents is 1. The highest BCUT2D eigenvalue weighted by atomic mass is 16.6. The SMILES string of the molecule is NC(Cc1c[nH]c2c([N+](=O)[O-])ccc(O)c12)C(=O)O.NC(Cc1c[nH]c2cccc(O)c12)C(=O)O.Oc1cccc2[nH]ccc12. The van der Waals surface area contributed by atoms with Crippen molar-refractivity contribution in [3.05, 3.63) is 94.4 Å². The van der Waals surface area contributed by atoms with Gasteiger partial charge in [0.05, 0.1) is 10.3 Å². The Kier molecular flexibility index (Phi) is 9.56. The Morgan fingerprint density at radius 1 is 0.733 bits per heavy atom. The standard InChI is InChI=1S/C11H11N3O5.C11H12N2O3.C8H7NO/c12-6(11(16)17)3-5-4-13-10-7(14(18)19)1-2-8(15)9(5)10;12-7(11(15)16)4-6-5-13-8-2-1-3-9(14)10(6)8;10-8-3-1-2-7-6(8)4-5-9-7/h1-2,4,6,13,15H,3,12H2,(H,16,17);1-3,5,7,13-14H,4,12H2,(H,15,16);1-5,9-10H. The van der Waals surface area contributed by atoms with E-state index in [1.807, 2.05) is 30.5 Å². The molecular weight excluding hydrogens is 588 g/mol. The number of H-pyrrole nitrogens is 3. The van der Waals surface area contributed by atoms with Crippen LogP contribution in [0.1, 0.15) is 11.1 Å². The molecule has 12 N–H and O–H groups in total. The average molecular weight is 619 g/mol. The zero-order chi connectivity index (χ0) is 32.8. The number of carboxylic acid groups (broad SMARTS) is 2. The van der Waals surface area contributed by atoms with E-state index in [1.165, 1.54) is 18.3 Å². The highest BCUT2D eigenvalue weighted by Gasteiger charge is 2.21. The number of aromatic nitrogens is 3. The number of hydrogen-bond acceptors (Lipinski definition) is 9. The summed E-state index contributed by atoms with van der Waals surface area (Å²) >= 11 is 0. The summed E-state index contributed by atoms with van der Waals surface area (Å²) in [6, 6.07) is 12.6. The molecule has 2 atom stereocenters. The van der Waals surface area contributed by atoms with E-state index in [1.54, 1.807) is 24.4 Å². The Labute approximate surface area is 253 Å². The van der Waals surface area contributed by atoms with E-state index in [9.17, 15) is 35.0 Å². The number of nitrogens with one attached hydrogen (secondary N) is 3. The number of aliphatic carboxylic acids is 2. The van der Waals surface area contributed by atoms with E-state index in [-0.39, 0.29) is 40.9 Å². The molecule has 6 rings (SSSR count). The topological polar surface area (TPSA) is 278 Å². The van der Waals surface area contributed by atoms with Crippen LogP contribution in [0.25, 0.3) is 32.7 Å². The second kappa shape index (κ2) is 13.5.